The average molecular weight is 291 g/mol. The summed E-state index contributed by atoms with van der Waals surface area (Å²) in [5.74, 6) is 0. The van der Waals surface area contributed by atoms with Crippen molar-refractivity contribution in [3.8, 4) is 0 Å². The maximum atomic E-state index is 6.24. The van der Waals surface area contributed by atoms with Gasteiger partial charge in [0.25, 0.3) is 0 Å². The zero-order chi connectivity index (χ0) is 15.5. The fourth-order valence-corrected chi connectivity index (χ4v) is 2.81. The number of hydrogen-bond donors (Lipinski definition) is 1. The summed E-state index contributed by atoms with van der Waals surface area (Å²) >= 11 is 0. The van der Waals surface area contributed by atoms with Crippen LogP contribution in [0.15, 0.2) is 30.3 Å². The van der Waals surface area contributed by atoms with E-state index < -0.39 is 0 Å². The minimum Gasteiger partial charge on any atom is -0.374 e. The highest BCUT2D eigenvalue weighted by Gasteiger charge is 2.20. The van der Waals surface area contributed by atoms with Crippen LogP contribution in [0.4, 0.5) is 0 Å². The maximum Gasteiger partial charge on any atom is 0.0745 e. The predicted octanol–water partition coefficient (Wildman–Crippen LogP) is 5.10. The van der Waals surface area contributed by atoms with Crippen LogP contribution in [0.2, 0.25) is 0 Å². The zero-order valence-electron chi connectivity index (χ0n) is 14.3. The SMILES string of the molecule is CCCCCCC(C)OC(C)C(NCC)c1ccccc1. The molecule has 1 N–H and O–H groups in total. The van der Waals surface area contributed by atoms with Gasteiger partial charge in [0, 0.05) is 0 Å². The lowest BCUT2D eigenvalue weighted by atomic mass is 10.0. The summed E-state index contributed by atoms with van der Waals surface area (Å²) < 4.78 is 6.24. The second-order valence-electron chi connectivity index (χ2n) is 5.95. The Bertz CT molecular complexity index is 352. The maximum absolute atomic E-state index is 6.24. The van der Waals surface area contributed by atoms with Gasteiger partial charge in [0.2, 0.25) is 0 Å². The van der Waals surface area contributed by atoms with Crippen LogP contribution in [0.5, 0.6) is 0 Å². The Kier molecular flexibility index (Phi) is 9.36. The van der Waals surface area contributed by atoms with Gasteiger partial charge in [-0.1, -0.05) is 69.9 Å². The van der Waals surface area contributed by atoms with E-state index >= 15 is 0 Å². The van der Waals surface area contributed by atoms with Gasteiger partial charge in [0.1, 0.15) is 0 Å². The minimum absolute atomic E-state index is 0.188. The molecule has 2 nitrogen and oxygen atoms in total. The lowest BCUT2D eigenvalue weighted by Gasteiger charge is -2.28. The van der Waals surface area contributed by atoms with Crippen molar-refractivity contribution < 1.29 is 4.74 Å². The van der Waals surface area contributed by atoms with E-state index in [1.807, 2.05) is 0 Å². The van der Waals surface area contributed by atoms with Crippen LogP contribution in [0.25, 0.3) is 0 Å². The molecule has 3 atom stereocenters. The molecule has 21 heavy (non-hydrogen) atoms. The third-order valence-electron chi connectivity index (χ3n) is 3.96. The van der Waals surface area contributed by atoms with Crippen molar-refractivity contribution >= 4 is 0 Å². The second-order valence-corrected chi connectivity index (χ2v) is 5.95. The normalized spacial score (nSPS) is 15.6. The largest absolute Gasteiger partial charge is 0.374 e. The molecule has 0 radical (unpaired) electrons. The fourth-order valence-electron chi connectivity index (χ4n) is 2.81. The van der Waals surface area contributed by atoms with E-state index in [2.05, 4.69) is 63.3 Å². The number of nitrogens with one attached hydrogen (secondary N) is 1. The molecule has 120 valence electrons. The molecule has 0 aliphatic carbocycles. The van der Waals surface area contributed by atoms with Crippen LogP contribution in [-0.4, -0.2) is 18.8 Å². The Morgan fingerprint density at radius 3 is 2.33 bits per heavy atom. The summed E-state index contributed by atoms with van der Waals surface area (Å²) in [5, 5.41) is 3.56. The molecule has 1 aromatic rings. The van der Waals surface area contributed by atoms with E-state index in [0.29, 0.717) is 6.10 Å². The Labute approximate surface area is 131 Å². The smallest absolute Gasteiger partial charge is 0.0745 e. The van der Waals surface area contributed by atoms with Gasteiger partial charge in [-0.15, -0.1) is 0 Å². The Morgan fingerprint density at radius 1 is 1.00 bits per heavy atom. The highest BCUT2D eigenvalue weighted by atomic mass is 16.5. The van der Waals surface area contributed by atoms with Crippen LogP contribution in [-0.2, 0) is 4.74 Å². The van der Waals surface area contributed by atoms with Crippen molar-refractivity contribution in [3.05, 3.63) is 35.9 Å². The van der Waals surface area contributed by atoms with Crippen LogP contribution >= 0.6 is 0 Å². The molecule has 0 saturated carbocycles. The van der Waals surface area contributed by atoms with Gasteiger partial charge >= 0.3 is 0 Å². The van der Waals surface area contributed by atoms with Gasteiger partial charge in [-0.25, -0.2) is 0 Å². The van der Waals surface area contributed by atoms with Crippen molar-refractivity contribution in [1.82, 2.24) is 5.32 Å². The number of benzene rings is 1. The lowest BCUT2D eigenvalue weighted by Crippen LogP contribution is -2.34. The molecule has 0 bridgehead atoms. The molecule has 1 aromatic carbocycles. The molecule has 0 aliphatic rings. The lowest BCUT2D eigenvalue weighted by molar-refractivity contribution is -0.0171. The number of likely N-dealkylation sites (N-methyl/N-ethyl adjacent to an activating group) is 1. The number of hydrogen-bond acceptors (Lipinski definition) is 2. The second kappa shape index (κ2) is 10.8. The Balaban J connectivity index is 2.47. The van der Waals surface area contributed by atoms with Gasteiger partial charge in [-0.2, -0.15) is 0 Å². The quantitative estimate of drug-likeness (QED) is 0.573. The summed E-state index contributed by atoms with van der Waals surface area (Å²) in [6.45, 7) is 9.75. The zero-order valence-corrected chi connectivity index (χ0v) is 14.3. The molecule has 0 amide bonds. The monoisotopic (exact) mass is 291 g/mol. The van der Waals surface area contributed by atoms with Crippen molar-refractivity contribution in [3.63, 3.8) is 0 Å². The van der Waals surface area contributed by atoms with Gasteiger partial charge in [0.05, 0.1) is 18.2 Å². The summed E-state index contributed by atoms with van der Waals surface area (Å²) in [6, 6.07) is 10.9. The third-order valence-corrected chi connectivity index (χ3v) is 3.96. The third kappa shape index (κ3) is 7.10. The average Bonchev–Trinajstić information content (AvgIpc) is 2.50. The van der Waals surface area contributed by atoms with Crippen LogP contribution in [0.3, 0.4) is 0 Å². The van der Waals surface area contributed by atoms with E-state index in [0.717, 1.165) is 13.0 Å². The molecular weight excluding hydrogens is 258 g/mol. The van der Waals surface area contributed by atoms with E-state index in [1.54, 1.807) is 0 Å². The molecule has 2 heteroatoms. The Morgan fingerprint density at radius 2 is 1.71 bits per heavy atom. The van der Waals surface area contributed by atoms with Crippen molar-refractivity contribution in [2.45, 2.75) is 78.0 Å². The summed E-state index contributed by atoms with van der Waals surface area (Å²) in [7, 11) is 0. The standard InChI is InChI=1S/C19H33NO/c1-5-7-8-10-13-16(3)21-17(4)19(20-6-2)18-14-11-9-12-15-18/h9,11-12,14-17,19-20H,5-8,10,13H2,1-4H3. The highest BCUT2D eigenvalue weighted by molar-refractivity contribution is 5.19. The molecule has 0 spiro atoms. The van der Waals surface area contributed by atoms with Crippen molar-refractivity contribution in [2.24, 2.45) is 0 Å². The predicted molar refractivity (Wildman–Crippen MR) is 91.6 cm³/mol. The van der Waals surface area contributed by atoms with Gasteiger partial charge in [-0.3, -0.25) is 0 Å². The molecule has 0 saturated heterocycles. The fraction of sp³-hybridized carbons (Fsp3) is 0.684. The minimum atomic E-state index is 0.188. The molecule has 3 unspecified atom stereocenters. The van der Waals surface area contributed by atoms with E-state index in [1.165, 1.54) is 31.2 Å². The molecule has 0 fully saturated rings. The molecular formula is C19H33NO. The Hall–Kier alpha value is -0.860. The number of rotatable bonds is 11. The highest BCUT2D eigenvalue weighted by Crippen LogP contribution is 2.21. The summed E-state index contributed by atoms with van der Waals surface area (Å²) in [4.78, 5) is 0. The van der Waals surface area contributed by atoms with Gasteiger partial charge < -0.3 is 10.1 Å². The first-order chi connectivity index (χ1) is 10.2. The van der Waals surface area contributed by atoms with E-state index in [-0.39, 0.29) is 12.1 Å². The first-order valence-electron chi connectivity index (χ1n) is 8.62. The van der Waals surface area contributed by atoms with Crippen LogP contribution < -0.4 is 5.32 Å². The molecule has 0 aliphatic heterocycles. The van der Waals surface area contributed by atoms with Crippen LogP contribution in [0.1, 0.15) is 71.4 Å². The van der Waals surface area contributed by atoms with Crippen LogP contribution in [0, 0.1) is 0 Å². The molecule has 1 rings (SSSR count). The number of unbranched alkanes of at least 4 members (excludes halogenated alkanes) is 3. The van der Waals surface area contributed by atoms with E-state index in [9.17, 15) is 0 Å². The first-order valence-corrected chi connectivity index (χ1v) is 8.62. The van der Waals surface area contributed by atoms with E-state index in [4.69, 9.17) is 4.74 Å². The molecule has 0 heterocycles. The van der Waals surface area contributed by atoms with Crippen molar-refractivity contribution in [1.29, 1.82) is 0 Å². The number of ether oxygens (including phenoxy) is 1. The van der Waals surface area contributed by atoms with Crippen molar-refractivity contribution in [2.75, 3.05) is 6.54 Å². The topological polar surface area (TPSA) is 21.3 Å². The summed E-state index contributed by atoms with van der Waals surface area (Å²) in [5.41, 5.74) is 1.31. The van der Waals surface area contributed by atoms with Gasteiger partial charge in [0.15, 0.2) is 0 Å². The first kappa shape index (κ1) is 18.2. The summed E-state index contributed by atoms with van der Waals surface area (Å²) in [6.07, 6.45) is 6.93. The molecule has 0 aromatic heterocycles. The van der Waals surface area contributed by atoms with Gasteiger partial charge in [-0.05, 0) is 32.4 Å².